The molecule has 0 bridgehead atoms. The molecule has 0 radical (unpaired) electrons. The predicted octanol–water partition coefficient (Wildman–Crippen LogP) is 1.65. The SMILES string of the molecule is Cc1nc(C)n(C2CN(C(=O)c3cccc(CN(C)C)c3)C2)n1. The van der Waals surface area contributed by atoms with E-state index in [4.69, 9.17) is 0 Å². The van der Waals surface area contributed by atoms with Crippen molar-refractivity contribution in [3.8, 4) is 0 Å². The Balaban J connectivity index is 1.65. The Kier molecular flexibility index (Phi) is 4.17. The van der Waals surface area contributed by atoms with Crippen molar-refractivity contribution in [2.75, 3.05) is 27.2 Å². The molecule has 1 saturated heterocycles. The molecule has 6 nitrogen and oxygen atoms in total. The van der Waals surface area contributed by atoms with Crippen LogP contribution < -0.4 is 0 Å². The van der Waals surface area contributed by atoms with Crippen LogP contribution in [0.1, 0.15) is 33.6 Å². The lowest BCUT2D eigenvalue weighted by Gasteiger charge is -2.39. The Hall–Kier alpha value is -2.21. The molecule has 2 aromatic rings. The number of nitrogens with zero attached hydrogens (tertiary/aromatic N) is 5. The van der Waals surface area contributed by atoms with Crippen LogP contribution >= 0.6 is 0 Å². The third kappa shape index (κ3) is 3.27. The zero-order valence-electron chi connectivity index (χ0n) is 14.2. The fourth-order valence-corrected chi connectivity index (χ4v) is 3.01. The zero-order valence-corrected chi connectivity index (χ0v) is 14.2. The number of benzene rings is 1. The molecule has 1 aliphatic rings. The smallest absolute Gasteiger partial charge is 0.254 e. The van der Waals surface area contributed by atoms with Crippen LogP contribution in [0.25, 0.3) is 0 Å². The van der Waals surface area contributed by atoms with Gasteiger partial charge in [-0.25, -0.2) is 9.67 Å². The van der Waals surface area contributed by atoms with Crippen molar-refractivity contribution in [3.05, 3.63) is 47.0 Å². The second-order valence-electron chi connectivity index (χ2n) is 6.45. The van der Waals surface area contributed by atoms with E-state index in [2.05, 4.69) is 21.0 Å². The molecule has 1 fully saturated rings. The summed E-state index contributed by atoms with van der Waals surface area (Å²) >= 11 is 0. The van der Waals surface area contributed by atoms with Crippen molar-refractivity contribution < 1.29 is 4.79 Å². The van der Waals surface area contributed by atoms with Crippen molar-refractivity contribution in [2.24, 2.45) is 0 Å². The maximum Gasteiger partial charge on any atom is 0.254 e. The average molecular weight is 313 g/mol. The predicted molar refractivity (Wildman–Crippen MR) is 88.3 cm³/mol. The van der Waals surface area contributed by atoms with Crippen molar-refractivity contribution in [2.45, 2.75) is 26.4 Å². The van der Waals surface area contributed by atoms with Gasteiger partial charge in [0.2, 0.25) is 0 Å². The van der Waals surface area contributed by atoms with E-state index in [0.717, 1.165) is 29.3 Å². The lowest BCUT2D eigenvalue weighted by Crippen LogP contribution is -2.51. The van der Waals surface area contributed by atoms with E-state index >= 15 is 0 Å². The number of carbonyl (C=O) groups excluding carboxylic acids is 1. The van der Waals surface area contributed by atoms with Gasteiger partial charge in [0.15, 0.2) is 0 Å². The third-order valence-corrected chi connectivity index (χ3v) is 4.08. The van der Waals surface area contributed by atoms with Crippen molar-refractivity contribution >= 4 is 5.91 Å². The third-order valence-electron chi connectivity index (χ3n) is 4.08. The summed E-state index contributed by atoms with van der Waals surface area (Å²) in [6, 6.07) is 8.12. The van der Waals surface area contributed by atoms with Gasteiger partial charge < -0.3 is 9.80 Å². The summed E-state index contributed by atoms with van der Waals surface area (Å²) in [6.45, 7) is 6.07. The minimum Gasteiger partial charge on any atom is -0.334 e. The minimum atomic E-state index is 0.0938. The molecule has 0 aliphatic carbocycles. The molecule has 3 rings (SSSR count). The van der Waals surface area contributed by atoms with Gasteiger partial charge in [0.25, 0.3) is 5.91 Å². The van der Waals surface area contributed by atoms with E-state index in [1.807, 2.05) is 55.7 Å². The molecule has 1 amide bonds. The highest BCUT2D eigenvalue weighted by molar-refractivity contribution is 5.95. The molecule has 1 aromatic carbocycles. The number of aromatic nitrogens is 3. The molecule has 0 unspecified atom stereocenters. The standard InChI is InChI=1S/C17H23N5O/c1-12-18-13(2)22(19-12)16-10-21(11-16)17(23)15-7-5-6-14(8-15)9-20(3)4/h5-8,16H,9-11H2,1-4H3. The summed E-state index contributed by atoms with van der Waals surface area (Å²) < 4.78 is 1.93. The molecule has 0 N–H and O–H groups in total. The minimum absolute atomic E-state index is 0.0938. The summed E-state index contributed by atoms with van der Waals surface area (Å²) in [5, 5.41) is 4.41. The van der Waals surface area contributed by atoms with Gasteiger partial charge in [0, 0.05) is 25.2 Å². The van der Waals surface area contributed by atoms with Crippen molar-refractivity contribution in [3.63, 3.8) is 0 Å². The van der Waals surface area contributed by atoms with Gasteiger partial charge in [0.1, 0.15) is 11.6 Å². The fourth-order valence-electron chi connectivity index (χ4n) is 3.01. The van der Waals surface area contributed by atoms with E-state index in [1.54, 1.807) is 0 Å². The van der Waals surface area contributed by atoms with Crippen LogP contribution in [0.5, 0.6) is 0 Å². The van der Waals surface area contributed by atoms with Crippen LogP contribution in [0.3, 0.4) is 0 Å². The topological polar surface area (TPSA) is 54.3 Å². The monoisotopic (exact) mass is 313 g/mol. The molecule has 1 aromatic heterocycles. The first-order chi connectivity index (χ1) is 10.9. The first-order valence-electron chi connectivity index (χ1n) is 7.86. The van der Waals surface area contributed by atoms with Crippen LogP contribution in [-0.4, -0.2) is 57.7 Å². The maximum absolute atomic E-state index is 12.6. The lowest BCUT2D eigenvalue weighted by molar-refractivity contribution is 0.0496. The number of amides is 1. The Bertz CT molecular complexity index is 716. The van der Waals surface area contributed by atoms with Gasteiger partial charge in [-0.3, -0.25) is 4.79 Å². The molecule has 0 saturated carbocycles. The Morgan fingerprint density at radius 1 is 1.30 bits per heavy atom. The van der Waals surface area contributed by atoms with Gasteiger partial charge in [-0.1, -0.05) is 12.1 Å². The molecular weight excluding hydrogens is 290 g/mol. The van der Waals surface area contributed by atoms with Gasteiger partial charge in [-0.2, -0.15) is 5.10 Å². The van der Waals surface area contributed by atoms with Crippen LogP contribution in [0, 0.1) is 13.8 Å². The molecule has 122 valence electrons. The second-order valence-corrected chi connectivity index (χ2v) is 6.45. The molecule has 1 aliphatic heterocycles. The summed E-state index contributed by atoms with van der Waals surface area (Å²) in [5.41, 5.74) is 1.91. The van der Waals surface area contributed by atoms with Gasteiger partial charge in [-0.05, 0) is 45.6 Å². The van der Waals surface area contributed by atoms with E-state index in [1.165, 1.54) is 0 Å². The quantitative estimate of drug-likeness (QED) is 0.861. The highest BCUT2D eigenvalue weighted by Gasteiger charge is 2.34. The highest BCUT2D eigenvalue weighted by Crippen LogP contribution is 2.24. The average Bonchev–Trinajstić information content (AvgIpc) is 2.75. The number of rotatable bonds is 4. The zero-order chi connectivity index (χ0) is 16.6. The van der Waals surface area contributed by atoms with Crippen LogP contribution in [-0.2, 0) is 6.54 Å². The van der Waals surface area contributed by atoms with Crippen LogP contribution in [0.15, 0.2) is 24.3 Å². The van der Waals surface area contributed by atoms with E-state index in [-0.39, 0.29) is 11.9 Å². The van der Waals surface area contributed by atoms with Gasteiger partial charge >= 0.3 is 0 Å². The lowest BCUT2D eigenvalue weighted by atomic mass is 10.0. The summed E-state index contributed by atoms with van der Waals surface area (Å²) in [4.78, 5) is 20.9. The Morgan fingerprint density at radius 3 is 2.65 bits per heavy atom. The Labute approximate surface area is 136 Å². The van der Waals surface area contributed by atoms with E-state index < -0.39 is 0 Å². The highest BCUT2D eigenvalue weighted by atomic mass is 16.2. The summed E-state index contributed by atoms with van der Waals surface area (Å²) in [7, 11) is 4.05. The fraction of sp³-hybridized carbons (Fsp3) is 0.471. The first-order valence-corrected chi connectivity index (χ1v) is 7.86. The molecule has 0 spiro atoms. The molecular formula is C17H23N5O. The van der Waals surface area contributed by atoms with Crippen LogP contribution in [0.2, 0.25) is 0 Å². The molecule has 0 atom stereocenters. The van der Waals surface area contributed by atoms with E-state index in [0.29, 0.717) is 13.1 Å². The summed E-state index contributed by atoms with van der Waals surface area (Å²) in [6.07, 6.45) is 0. The number of aryl methyl sites for hydroxylation is 2. The van der Waals surface area contributed by atoms with Gasteiger partial charge in [-0.15, -0.1) is 0 Å². The number of likely N-dealkylation sites (tertiary alicyclic amines) is 1. The van der Waals surface area contributed by atoms with E-state index in [9.17, 15) is 4.79 Å². The van der Waals surface area contributed by atoms with Crippen molar-refractivity contribution in [1.82, 2.24) is 24.6 Å². The normalized spacial score (nSPS) is 15.1. The number of carbonyl (C=O) groups is 1. The first kappa shape index (κ1) is 15.7. The molecule has 23 heavy (non-hydrogen) atoms. The molecule has 6 heteroatoms. The maximum atomic E-state index is 12.6. The molecule has 2 heterocycles. The number of hydrogen-bond acceptors (Lipinski definition) is 4. The second kappa shape index (κ2) is 6.12. The van der Waals surface area contributed by atoms with Crippen molar-refractivity contribution in [1.29, 1.82) is 0 Å². The van der Waals surface area contributed by atoms with Gasteiger partial charge in [0.05, 0.1) is 6.04 Å². The number of hydrogen-bond donors (Lipinski definition) is 0. The Morgan fingerprint density at radius 2 is 2.04 bits per heavy atom. The van der Waals surface area contributed by atoms with Crippen LogP contribution in [0.4, 0.5) is 0 Å². The summed E-state index contributed by atoms with van der Waals surface area (Å²) in [5.74, 6) is 1.78. The largest absolute Gasteiger partial charge is 0.334 e.